The molecule has 3 N–H and O–H groups in total. The largest absolute Gasteiger partial charge is 0.463 e. The lowest BCUT2D eigenvalue weighted by Gasteiger charge is -2.40. The lowest BCUT2D eigenvalue weighted by Crippen LogP contribution is -2.48. The molecule has 32 heavy (non-hydrogen) atoms. The second-order valence-electron chi connectivity index (χ2n) is 7.13. The van der Waals surface area contributed by atoms with Gasteiger partial charge >= 0.3 is 0 Å². The smallest absolute Gasteiger partial charge is 0.283 e. The van der Waals surface area contributed by atoms with E-state index in [0.717, 1.165) is 18.3 Å². The molecule has 1 aromatic carbocycles. The van der Waals surface area contributed by atoms with Gasteiger partial charge in [0.15, 0.2) is 18.2 Å². The van der Waals surface area contributed by atoms with E-state index < -0.39 is 47.3 Å². The van der Waals surface area contributed by atoms with Crippen LogP contribution < -0.4 is 15.8 Å². The number of anilines is 1. The van der Waals surface area contributed by atoms with E-state index in [1.165, 1.54) is 6.20 Å². The maximum absolute atomic E-state index is 14.8. The summed E-state index contributed by atoms with van der Waals surface area (Å²) in [6.45, 7) is 2.01. The number of rotatable bonds is 6. The Hall–Kier alpha value is -3.81. The minimum Gasteiger partial charge on any atom is -0.463 e. The SMILES string of the molecule is C#CCOc1cnc(C(=O)Nc2cc(F)c(F)c([C@]3(CF)N=C(N)OC(C)[C@H]3C)c2)cn1. The normalized spacial score (nSPS) is 22.3. The molecule has 8 nitrogen and oxygen atoms in total. The molecule has 1 aromatic heterocycles. The van der Waals surface area contributed by atoms with Crippen LogP contribution in [0.3, 0.4) is 0 Å². The molecule has 1 unspecified atom stereocenters. The molecule has 0 fully saturated rings. The van der Waals surface area contributed by atoms with Gasteiger partial charge in [-0.05, 0) is 13.0 Å². The Balaban J connectivity index is 1.94. The van der Waals surface area contributed by atoms with Crippen molar-refractivity contribution in [3.05, 3.63) is 47.4 Å². The standard InChI is InChI=1S/C21H20F3N5O3/c1-4-5-31-17-9-26-16(8-27-17)19(30)28-13-6-14(18(24)15(23)7-13)21(10-22)11(2)12(3)32-20(25)29-21/h1,6-9,11-12H,5,10H2,2-3H3,(H2,25,29)(H,28,30)/t11-,12?,21-/m1/s1. The Morgan fingerprint density at radius 1 is 1.34 bits per heavy atom. The lowest BCUT2D eigenvalue weighted by molar-refractivity contribution is 0.0491. The Labute approximate surface area is 182 Å². The fraction of sp³-hybridized carbons (Fsp3) is 0.333. The number of halogens is 3. The zero-order chi connectivity index (χ0) is 23.5. The summed E-state index contributed by atoms with van der Waals surface area (Å²) in [5.41, 5.74) is 3.15. The van der Waals surface area contributed by atoms with Gasteiger partial charge in [-0.2, -0.15) is 0 Å². The Morgan fingerprint density at radius 2 is 2.09 bits per heavy atom. The molecule has 3 rings (SSSR count). The number of hydrogen-bond donors (Lipinski definition) is 2. The van der Waals surface area contributed by atoms with Gasteiger partial charge in [-0.25, -0.2) is 28.1 Å². The van der Waals surface area contributed by atoms with Gasteiger partial charge < -0.3 is 20.5 Å². The van der Waals surface area contributed by atoms with Crippen LogP contribution in [0.4, 0.5) is 18.9 Å². The number of nitrogens with two attached hydrogens (primary N) is 1. The van der Waals surface area contributed by atoms with E-state index in [4.69, 9.17) is 21.6 Å². The van der Waals surface area contributed by atoms with Crippen LogP contribution in [0.25, 0.3) is 0 Å². The second-order valence-corrected chi connectivity index (χ2v) is 7.13. The number of aliphatic imine (C=N–C) groups is 1. The fourth-order valence-corrected chi connectivity index (χ4v) is 3.33. The molecule has 3 atom stereocenters. The molecule has 2 aromatic rings. The minimum atomic E-state index is -1.83. The zero-order valence-corrected chi connectivity index (χ0v) is 17.2. The lowest BCUT2D eigenvalue weighted by atomic mass is 9.76. The van der Waals surface area contributed by atoms with E-state index in [0.29, 0.717) is 0 Å². The highest BCUT2D eigenvalue weighted by Crippen LogP contribution is 2.42. The van der Waals surface area contributed by atoms with Crippen molar-refractivity contribution < 1.29 is 27.4 Å². The number of amidine groups is 1. The monoisotopic (exact) mass is 447 g/mol. The van der Waals surface area contributed by atoms with Gasteiger partial charge in [0.25, 0.3) is 11.9 Å². The Morgan fingerprint density at radius 3 is 2.72 bits per heavy atom. The number of nitrogens with one attached hydrogen (secondary N) is 1. The number of benzene rings is 1. The number of alkyl halides is 1. The molecule has 1 aliphatic heterocycles. The summed E-state index contributed by atoms with van der Waals surface area (Å²) < 4.78 is 53.8. The second kappa shape index (κ2) is 9.13. The topological polar surface area (TPSA) is 112 Å². The molecule has 1 aliphatic rings. The molecular weight excluding hydrogens is 427 g/mol. The van der Waals surface area contributed by atoms with E-state index in [1.807, 2.05) is 0 Å². The summed E-state index contributed by atoms with van der Waals surface area (Å²) >= 11 is 0. The molecule has 168 valence electrons. The molecule has 1 amide bonds. The first kappa shape index (κ1) is 22.9. The zero-order valence-electron chi connectivity index (χ0n) is 17.2. The van der Waals surface area contributed by atoms with E-state index in [-0.39, 0.29) is 29.9 Å². The minimum absolute atomic E-state index is 0.0245. The van der Waals surface area contributed by atoms with Gasteiger partial charge in [0.2, 0.25) is 5.88 Å². The number of terminal acetylenes is 1. The predicted molar refractivity (Wildman–Crippen MR) is 110 cm³/mol. The van der Waals surface area contributed by atoms with E-state index in [1.54, 1.807) is 13.8 Å². The van der Waals surface area contributed by atoms with E-state index in [9.17, 15) is 18.0 Å². The van der Waals surface area contributed by atoms with Gasteiger partial charge in [-0.1, -0.05) is 12.8 Å². The van der Waals surface area contributed by atoms with Crippen LogP contribution in [-0.2, 0) is 10.3 Å². The molecule has 2 heterocycles. The van der Waals surface area contributed by atoms with Gasteiger partial charge in [0.05, 0.1) is 12.4 Å². The van der Waals surface area contributed by atoms with Crippen LogP contribution in [0.15, 0.2) is 29.5 Å². The van der Waals surface area contributed by atoms with Crippen molar-refractivity contribution >= 4 is 17.6 Å². The molecule has 0 aliphatic carbocycles. The molecule has 0 saturated heterocycles. The first-order chi connectivity index (χ1) is 15.2. The van der Waals surface area contributed by atoms with Crippen LogP contribution in [-0.4, -0.2) is 41.3 Å². The highest BCUT2D eigenvalue weighted by Gasteiger charge is 2.47. The average molecular weight is 447 g/mol. The third-order valence-corrected chi connectivity index (χ3v) is 5.19. The van der Waals surface area contributed by atoms with E-state index in [2.05, 4.69) is 26.2 Å². The summed E-state index contributed by atoms with van der Waals surface area (Å²) in [7, 11) is 0. The quantitative estimate of drug-likeness (QED) is 0.659. The molecule has 0 spiro atoms. The predicted octanol–water partition coefficient (Wildman–Crippen LogP) is 2.55. The van der Waals surface area contributed by atoms with Crippen LogP contribution in [0.5, 0.6) is 5.88 Å². The summed E-state index contributed by atoms with van der Waals surface area (Å²) in [5.74, 6) is -1.68. The van der Waals surface area contributed by atoms with Crippen molar-refractivity contribution in [1.29, 1.82) is 0 Å². The third-order valence-electron chi connectivity index (χ3n) is 5.19. The van der Waals surface area contributed by atoms with Gasteiger partial charge in [0.1, 0.15) is 24.0 Å². The third kappa shape index (κ3) is 4.30. The van der Waals surface area contributed by atoms with Crippen LogP contribution in [0.1, 0.15) is 29.9 Å². The molecule has 0 saturated carbocycles. The summed E-state index contributed by atoms with van der Waals surface area (Å²) in [5, 5.41) is 2.39. The fourth-order valence-electron chi connectivity index (χ4n) is 3.33. The van der Waals surface area contributed by atoms with Gasteiger partial charge in [-0.3, -0.25) is 4.79 Å². The molecular formula is C21H20F3N5O3. The highest BCUT2D eigenvalue weighted by molar-refractivity contribution is 6.02. The first-order valence-corrected chi connectivity index (χ1v) is 9.49. The Bertz CT molecular complexity index is 1090. The number of carbonyl (C=O) groups is 1. The highest BCUT2D eigenvalue weighted by atomic mass is 19.2. The van der Waals surface area contributed by atoms with Gasteiger partial charge in [0, 0.05) is 23.2 Å². The van der Waals surface area contributed by atoms with Crippen molar-refractivity contribution in [1.82, 2.24) is 9.97 Å². The van der Waals surface area contributed by atoms with E-state index >= 15 is 0 Å². The van der Waals surface area contributed by atoms with Crippen molar-refractivity contribution in [2.75, 3.05) is 18.6 Å². The summed E-state index contributed by atoms with van der Waals surface area (Å²) in [4.78, 5) is 24.2. The summed E-state index contributed by atoms with van der Waals surface area (Å²) in [6.07, 6.45) is 6.77. The maximum Gasteiger partial charge on any atom is 0.283 e. The molecule has 0 bridgehead atoms. The maximum atomic E-state index is 14.8. The number of hydrogen-bond acceptors (Lipinski definition) is 7. The number of amides is 1. The van der Waals surface area contributed by atoms with Crippen molar-refractivity contribution in [2.45, 2.75) is 25.5 Å². The van der Waals surface area contributed by atoms with Gasteiger partial charge in [-0.15, -0.1) is 6.42 Å². The molecule has 0 radical (unpaired) electrons. The molecule has 11 heteroatoms. The number of nitrogens with zero attached hydrogens (tertiary/aromatic N) is 3. The number of carbonyl (C=O) groups excluding carboxylic acids is 1. The first-order valence-electron chi connectivity index (χ1n) is 9.49. The number of ether oxygens (including phenoxy) is 2. The van der Waals surface area contributed by atoms with Crippen molar-refractivity contribution in [3.63, 3.8) is 0 Å². The van der Waals surface area contributed by atoms with Crippen LogP contribution in [0, 0.1) is 29.9 Å². The number of aromatic nitrogens is 2. The summed E-state index contributed by atoms with van der Waals surface area (Å²) in [6, 6.07) is 1.53. The van der Waals surface area contributed by atoms with Crippen LogP contribution in [0.2, 0.25) is 0 Å². The Kier molecular flexibility index (Phi) is 6.53. The average Bonchev–Trinajstić information content (AvgIpc) is 2.77. The van der Waals surface area contributed by atoms with Crippen molar-refractivity contribution in [2.24, 2.45) is 16.6 Å². The van der Waals surface area contributed by atoms with Crippen LogP contribution >= 0.6 is 0 Å². The van der Waals surface area contributed by atoms with Crippen molar-refractivity contribution in [3.8, 4) is 18.2 Å².